The summed E-state index contributed by atoms with van der Waals surface area (Å²) < 4.78 is 24.6. The van der Waals surface area contributed by atoms with Gasteiger partial charge in [-0.1, -0.05) is 18.0 Å². The van der Waals surface area contributed by atoms with E-state index in [1.807, 2.05) is 20.7 Å². The molecule has 0 spiro atoms. The van der Waals surface area contributed by atoms with E-state index in [0.717, 1.165) is 0 Å². The number of hydrogen-bond donors (Lipinski definition) is 0. The molecule has 0 unspecified atom stereocenters. The molecule has 0 bridgehead atoms. The summed E-state index contributed by atoms with van der Waals surface area (Å²) in [5, 5.41) is 13.3. The molecule has 2 aromatic carbocycles. The summed E-state index contributed by atoms with van der Waals surface area (Å²) in [6.45, 7) is 5.67. The average molecular weight is 349 g/mol. The van der Waals surface area contributed by atoms with Crippen LogP contribution in [-0.4, -0.2) is 23.5 Å². The quantitative estimate of drug-likeness (QED) is 0.661. The third-order valence-electron chi connectivity index (χ3n) is 3.82. The molecule has 3 rings (SSSR count). The minimum absolute atomic E-state index is 0.0332. The first-order valence-corrected chi connectivity index (χ1v) is 8.35. The average Bonchev–Trinajstić information content (AvgIpc) is 3.12. The van der Waals surface area contributed by atoms with Gasteiger partial charge in [0.1, 0.15) is 17.6 Å². The van der Waals surface area contributed by atoms with Crippen LogP contribution in [0, 0.1) is 17.1 Å². The standard InChI is InChI=1S/C19H17BFN3O2/c1-11(2)25-17-7-5-13(8-14(17)10-22)19-23-18(24-26-19)12-4-6-16(21)15(9-12)20-3/h4-9,11,20H,1-3H3. The van der Waals surface area contributed by atoms with Gasteiger partial charge in [0.05, 0.1) is 11.7 Å². The number of nitriles is 1. The molecule has 1 aromatic heterocycles. The number of hydrogen-bond acceptors (Lipinski definition) is 5. The van der Waals surface area contributed by atoms with E-state index in [0.29, 0.717) is 41.0 Å². The molecule has 3 aromatic rings. The fourth-order valence-electron chi connectivity index (χ4n) is 2.55. The van der Waals surface area contributed by atoms with Gasteiger partial charge in [-0.15, -0.1) is 0 Å². The predicted molar refractivity (Wildman–Crippen MR) is 98.3 cm³/mol. The second kappa shape index (κ2) is 7.40. The SMILES string of the molecule is CBc1cc(-c2noc(-c3ccc(OC(C)C)c(C#N)c3)n2)ccc1F. The minimum atomic E-state index is -0.251. The van der Waals surface area contributed by atoms with Crippen LogP contribution in [0.3, 0.4) is 0 Å². The summed E-state index contributed by atoms with van der Waals surface area (Å²) in [7, 11) is 0.577. The molecule has 0 aliphatic rings. The van der Waals surface area contributed by atoms with Gasteiger partial charge in [0.2, 0.25) is 5.82 Å². The second-order valence-electron chi connectivity index (χ2n) is 6.07. The summed E-state index contributed by atoms with van der Waals surface area (Å²) in [6, 6.07) is 12.0. The zero-order chi connectivity index (χ0) is 18.7. The van der Waals surface area contributed by atoms with Crippen molar-refractivity contribution in [2.24, 2.45) is 0 Å². The third-order valence-corrected chi connectivity index (χ3v) is 3.82. The summed E-state index contributed by atoms with van der Waals surface area (Å²) in [5.41, 5.74) is 2.29. The van der Waals surface area contributed by atoms with E-state index in [2.05, 4.69) is 16.2 Å². The molecule has 0 atom stereocenters. The van der Waals surface area contributed by atoms with Crippen molar-refractivity contribution in [1.82, 2.24) is 10.1 Å². The number of rotatable bonds is 5. The van der Waals surface area contributed by atoms with Gasteiger partial charge >= 0.3 is 0 Å². The van der Waals surface area contributed by atoms with E-state index in [9.17, 15) is 9.65 Å². The van der Waals surface area contributed by atoms with Crippen LogP contribution in [0.2, 0.25) is 6.82 Å². The highest BCUT2D eigenvalue weighted by Crippen LogP contribution is 2.27. The fraction of sp³-hybridized carbons (Fsp3) is 0.211. The number of aromatic nitrogens is 2. The molecule has 7 heteroatoms. The smallest absolute Gasteiger partial charge is 0.258 e. The van der Waals surface area contributed by atoms with Gasteiger partial charge in [-0.3, -0.25) is 0 Å². The summed E-state index contributed by atoms with van der Waals surface area (Å²) in [6.07, 6.45) is -0.0332. The van der Waals surface area contributed by atoms with E-state index in [-0.39, 0.29) is 17.8 Å². The molecule has 5 nitrogen and oxygen atoms in total. The van der Waals surface area contributed by atoms with Gasteiger partial charge in [-0.05, 0) is 49.6 Å². The second-order valence-corrected chi connectivity index (χ2v) is 6.07. The number of halogens is 1. The highest BCUT2D eigenvalue weighted by atomic mass is 19.1. The largest absolute Gasteiger partial charge is 0.490 e. The van der Waals surface area contributed by atoms with Gasteiger partial charge in [-0.2, -0.15) is 10.2 Å². The van der Waals surface area contributed by atoms with E-state index in [1.165, 1.54) is 6.07 Å². The maximum Gasteiger partial charge on any atom is 0.258 e. The van der Waals surface area contributed by atoms with Crippen LogP contribution in [-0.2, 0) is 0 Å². The van der Waals surface area contributed by atoms with Gasteiger partial charge in [0, 0.05) is 11.1 Å². The molecule has 0 aliphatic carbocycles. The Labute approximate surface area is 151 Å². The van der Waals surface area contributed by atoms with Gasteiger partial charge < -0.3 is 9.26 Å². The Balaban J connectivity index is 1.94. The van der Waals surface area contributed by atoms with Crippen LogP contribution >= 0.6 is 0 Å². The molecule has 1 heterocycles. The monoisotopic (exact) mass is 349 g/mol. The molecule has 0 aliphatic heterocycles. The maximum absolute atomic E-state index is 13.7. The first-order valence-electron chi connectivity index (χ1n) is 8.35. The number of ether oxygens (including phenoxy) is 1. The zero-order valence-corrected chi connectivity index (χ0v) is 14.8. The summed E-state index contributed by atoms with van der Waals surface area (Å²) >= 11 is 0. The van der Waals surface area contributed by atoms with Gasteiger partial charge in [0.15, 0.2) is 7.28 Å². The van der Waals surface area contributed by atoms with E-state index < -0.39 is 0 Å². The van der Waals surface area contributed by atoms with Crippen LogP contribution in [0.5, 0.6) is 5.75 Å². The Morgan fingerprint density at radius 1 is 1.19 bits per heavy atom. The minimum Gasteiger partial charge on any atom is -0.490 e. The highest BCUT2D eigenvalue weighted by Gasteiger charge is 2.15. The Morgan fingerprint density at radius 3 is 2.65 bits per heavy atom. The highest BCUT2D eigenvalue weighted by molar-refractivity contribution is 6.52. The molecule has 0 amide bonds. The number of benzene rings is 2. The first-order chi connectivity index (χ1) is 12.5. The first kappa shape index (κ1) is 17.7. The lowest BCUT2D eigenvalue weighted by molar-refractivity contribution is 0.242. The van der Waals surface area contributed by atoms with Crippen molar-refractivity contribution in [2.45, 2.75) is 26.8 Å². The van der Waals surface area contributed by atoms with Crippen LogP contribution in [0.1, 0.15) is 19.4 Å². The van der Waals surface area contributed by atoms with Gasteiger partial charge in [-0.25, -0.2) is 4.39 Å². The van der Waals surface area contributed by atoms with Gasteiger partial charge in [0.25, 0.3) is 5.89 Å². The van der Waals surface area contributed by atoms with Crippen molar-refractivity contribution in [3.8, 4) is 34.7 Å². The predicted octanol–water partition coefficient (Wildman–Crippen LogP) is 3.31. The van der Waals surface area contributed by atoms with Crippen molar-refractivity contribution in [3.05, 3.63) is 47.8 Å². The third kappa shape index (κ3) is 3.59. The van der Waals surface area contributed by atoms with Crippen molar-refractivity contribution in [2.75, 3.05) is 0 Å². The van der Waals surface area contributed by atoms with E-state index in [1.54, 1.807) is 30.3 Å². The topological polar surface area (TPSA) is 71.9 Å². The zero-order valence-electron chi connectivity index (χ0n) is 14.8. The molecule has 0 saturated carbocycles. The maximum atomic E-state index is 13.7. The Kier molecular flexibility index (Phi) is 5.03. The van der Waals surface area contributed by atoms with Crippen LogP contribution in [0.15, 0.2) is 40.9 Å². The van der Waals surface area contributed by atoms with Crippen LogP contribution < -0.4 is 10.2 Å². The molecule has 0 radical (unpaired) electrons. The van der Waals surface area contributed by atoms with E-state index >= 15 is 0 Å². The Bertz CT molecular complexity index is 979. The Morgan fingerprint density at radius 2 is 1.96 bits per heavy atom. The lowest BCUT2D eigenvalue weighted by atomic mass is 9.72. The molecule has 0 saturated heterocycles. The molecular weight excluding hydrogens is 332 g/mol. The van der Waals surface area contributed by atoms with Crippen LogP contribution in [0.25, 0.3) is 22.8 Å². The van der Waals surface area contributed by atoms with Crippen molar-refractivity contribution in [1.29, 1.82) is 5.26 Å². The van der Waals surface area contributed by atoms with E-state index in [4.69, 9.17) is 9.26 Å². The van der Waals surface area contributed by atoms with Crippen LogP contribution in [0.4, 0.5) is 4.39 Å². The lowest BCUT2D eigenvalue weighted by Crippen LogP contribution is -2.15. The molecule has 0 N–H and O–H groups in total. The molecule has 130 valence electrons. The van der Waals surface area contributed by atoms with Crippen molar-refractivity contribution < 1.29 is 13.7 Å². The normalized spacial score (nSPS) is 10.6. The van der Waals surface area contributed by atoms with Crippen molar-refractivity contribution in [3.63, 3.8) is 0 Å². The summed E-state index contributed by atoms with van der Waals surface area (Å²) in [4.78, 5) is 4.37. The molecule has 0 fully saturated rings. The molecule has 26 heavy (non-hydrogen) atoms. The molecular formula is C19H17BFN3O2. The summed E-state index contributed by atoms with van der Waals surface area (Å²) in [5.74, 6) is 0.919. The Hall–Kier alpha value is -3.14. The van der Waals surface area contributed by atoms with Crippen molar-refractivity contribution >= 4 is 12.7 Å². The lowest BCUT2D eigenvalue weighted by Gasteiger charge is -2.11. The fourth-order valence-corrected chi connectivity index (χ4v) is 2.55. The number of nitrogens with zero attached hydrogens (tertiary/aromatic N) is 3.